The second-order valence-electron chi connectivity index (χ2n) is 4.83. The van der Waals surface area contributed by atoms with E-state index in [1.54, 1.807) is 6.20 Å². The van der Waals surface area contributed by atoms with Gasteiger partial charge in [0.25, 0.3) is 0 Å². The molecule has 0 N–H and O–H groups in total. The molecule has 1 aromatic carbocycles. The van der Waals surface area contributed by atoms with Crippen LogP contribution in [-0.2, 0) is 6.54 Å². The summed E-state index contributed by atoms with van der Waals surface area (Å²) in [6.45, 7) is 2.93. The molecule has 0 atom stereocenters. The molecule has 0 aliphatic heterocycles. The van der Waals surface area contributed by atoms with Crippen molar-refractivity contribution < 1.29 is 0 Å². The average molecular weight is 331 g/mol. The Morgan fingerprint density at radius 2 is 2.10 bits per heavy atom. The maximum Gasteiger partial charge on any atom is 0.180 e. The van der Waals surface area contributed by atoms with Crippen LogP contribution in [0.25, 0.3) is 5.65 Å². The second-order valence-corrected chi connectivity index (χ2v) is 5.64. The van der Waals surface area contributed by atoms with E-state index in [-0.39, 0.29) is 0 Å². The molecule has 0 saturated carbocycles. The lowest BCUT2D eigenvalue weighted by Gasteiger charge is -2.20. The molecule has 0 amide bonds. The van der Waals surface area contributed by atoms with E-state index in [2.05, 4.69) is 62.0 Å². The van der Waals surface area contributed by atoms with Crippen LogP contribution in [0.3, 0.4) is 0 Å². The zero-order chi connectivity index (χ0) is 14.1. The summed E-state index contributed by atoms with van der Waals surface area (Å²) in [6, 6.07) is 8.40. The molecule has 0 aliphatic carbocycles. The van der Waals surface area contributed by atoms with E-state index in [1.807, 2.05) is 23.8 Å². The minimum absolute atomic E-state index is 0.801. The van der Waals surface area contributed by atoms with Gasteiger partial charge in [-0.3, -0.25) is 0 Å². The first-order valence-electron chi connectivity index (χ1n) is 6.40. The first kappa shape index (κ1) is 13.1. The van der Waals surface area contributed by atoms with Gasteiger partial charge in [0.2, 0.25) is 0 Å². The number of aryl methyl sites for hydroxylation is 1. The Morgan fingerprint density at radius 3 is 2.90 bits per heavy atom. The van der Waals surface area contributed by atoms with Gasteiger partial charge in [-0.05, 0) is 34.0 Å². The van der Waals surface area contributed by atoms with E-state index in [1.165, 1.54) is 11.1 Å². The molecule has 102 valence electrons. The van der Waals surface area contributed by atoms with Gasteiger partial charge >= 0.3 is 0 Å². The van der Waals surface area contributed by atoms with Crippen LogP contribution < -0.4 is 4.90 Å². The molecule has 4 nitrogen and oxygen atoms in total. The summed E-state index contributed by atoms with van der Waals surface area (Å²) in [7, 11) is 2.04. The number of benzene rings is 1. The second kappa shape index (κ2) is 5.25. The quantitative estimate of drug-likeness (QED) is 0.737. The fourth-order valence-electron chi connectivity index (χ4n) is 2.26. The molecule has 3 aromatic rings. The fraction of sp³-hybridized carbons (Fsp3) is 0.200. The number of nitrogens with zero attached hydrogens (tertiary/aromatic N) is 4. The van der Waals surface area contributed by atoms with Gasteiger partial charge in [0, 0.05) is 32.2 Å². The molecular formula is C15H15BrN4. The molecule has 0 unspecified atom stereocenters. The van der Waals surface area contributed by atoms with Crippen LogP contribution in [-0.4, -0.2) is 21.4 Å². The van der Waals surface area contributed by atoms with Crippen LogP contribution in [0.4, 0.5) is 5.82 Å². The average Bonchev–Trinajstić information content (AvgIpc) is 2.88. The molecule has 3 rings (SSSR count). The molecule has 0 spiro atoms. The zero-order valence-electron chi connectivity index (χ0n) is 11.4. The largest absolute Gasteiger partial charge is 0.352 e. The van der Waals surface area contributed by atoms with Crippen molar-refractivity contribution in [3.63, 3.8) is 0 Å². The molecule has 2 aromatic heterocycles. The van der Waals surface area contributed by atoms with Crippen LogP contribution in [0.1, 0.15) is 11.1 Å². The van der Waals surface area contributed by atoms with Gasteiger partial charge in [-0.1, -0.05) is 24.3 Å². The zero-order valence-corrected chi connectivity index (χ0v) is 13.0. The number of fused-ring (bicyclic) bond motifs is 1. The Morgan fingerprint density at radius 1 is 1.30 bits per heavy atom. The normalized spacial score (nSPS) is 10.9. The summed E-state index contributed by atoms with van der Waals surface area (Å²) < 4.78 is 2.77. The van der Waals surface area contributed by atoms with E-state index in [0.717, 1.165) is 22.6 Å². The van der Waals surface area contributed by atoms with E-state index in [0.29, 0.717) is 0 Å². The van der Waals surface area contributed by atoms with E-state index in [9.17, 15) is 0 Å². The number of anilines is 1. The topological polar surface area (TPSA) is 33.4 Å². The number of hydrogen-bond donors (Lipinski definition) is 0. The van der Waals surface area contributed by atoms with Crippen molar-refractivity contribution in [3.8, 4) is 0 Å². The summed E-state index contributed by atoms with van der Waals surface area (Å²) in [5.41, 5.74) is 3.44. The third kappa shape index (κ3) is 2.41. The third-order valence-corrected chi connectivity index (χ3v) is 3.74. The monoisotopic (exact) mass is 330 g/mol. The molecule has 0 saturated heterocycles. The Hall–Kier alpha value is -1.88. The highest BCUT2D eigenvalue weighted by molar-refractivity contribution is 9.10. The van der Waals surface area contributed by atoms with E-state index >= 15 is 0 Å². The minimum Gasteiger partial charge on any atom is -0.352 e. The first-order chi connectivity index (χ1) is 9.65. The van der Waals surface area contributed by atoms with Crippen LogP contribution in [0.15, 0.2) is 47.5 Å². The van der Waals surface area contributed by atoms with Crippen molar-refractivity contribution in [2.24, 2.45) is 0 Å². The SMILES string of the molecule is Cc1ccccc1CN(C)c1nc(Br)cn2ccnc12. The molecule has 0 bridgehead atoms. The third-order valence-electron chi connectivity index (χ3n) is 3.36. The van der Waals surface area contributed by atoms with Gasteiger partial charge in [0.1, 0.15) is 4.60 Å². The molecule has 2 heterocycles. The molecule has 20 heavy (non-hydrogen) atoms. The van der Waals surface area contributed by atoms with Crippen molar-refractivity contribution in [1.82, 2.24) is 14.4 Å². The van der Waals surface area contributed by atoms with E-state index in [4.69, 9.17) is 0 Å². The number of hydrogen-bond acceptors (Lipinski definition) is 3. The van der Waals surface area contributed by atoms with Crippen molar-refractivity contribution in [2.45, 2.75) is 13.5 Å². The Bertz CT molecular complexity index is 750. The summed E-state index contributed by atoms with van der Waals surface area (Å²) >= 11 is 3.45. The van der Waals surface area contributed by atoms with Crippen LogP contribution in [0, 0.1) is 6.92 Å². The number of halogens is 1. The molecule has 5 heteroatoms. The Labute approximate surface area is 126 Å². The van der Waals surface area contributed by atoms with Gasteiger partial charge in [-0.2, -0.15) is 0 Å². The lowest BCUT2D eigenvalue weighted by atomic mass is 10.1. The summed E-state index contributed by atoms with van der Waals surface area (Å²) in [6.07, 6.45) is 5.62. The highest BCUT2D eigenvalue weighted by atomic mass is 79.9. The van der Waals surface area contributed by atoms with Crippen LogP contribution in [0.2, 0.25) is 0 Å². The smallest absolute Gasteiger partial charge is 0.180 e. The van der Waals surface area contributed by atoms with Crippen molar-refractivity contribution in [1.29, 1.82) is 0 Å². The first-order valence-corrected chi connectivity index (χ1v) is 7.19. The molecular weight excluding hydrogens is 316 g/mol. The van der Waals surface area contributed by atoms with Gasteiger partial charge in [0.15, 0.2) is 11.5 Å². The maximum atomic E-state index is 4.56. The maximum absolute atomic E-state index is 4.56. The van der Waals surface area contributed by atoms with Crippen molar-refractivity contribution in [3.05, 3.63) is 58.6 Å². The van der Waals surface area contributed by atoms with Gasteiger partial charge < -0.3 is 9.30 Å². The Kier molecular flexibility index (Phi) is 3.44. The van der Waals surface area contributed by atoms with Crippen molar-refractivity contribution >= 4 is 27.4 Å². The fourth-order valence-corrected chi connectivity index (χ4v) is 2.65. The minimum atomic E-state index is 0.801. The summed E-state index contributed by atoms with van der Waals surface area (Å²) in [5, 5.41) is 0. The predicted molar refractivity (Wildman–Crippen MR) is 84.0 cm³/mol. The predicted octanol–water partition coefficient (Wildman–Crippen LogP) is 3.44. The van der Waals surface area contributed by atoms with Crippen LogP contribution in [0.5, 0.6) is 0 Å². The molecule has 0 aliphatic rings. The summed E-state index contributed by atoms with van der Waals surface area (Å²) in [5.74, 6) is 0.868. The van der Waals surface area contributed by atoms with Crippen molar-refractivity contribution in [2.75, 3.05) is 11.9 Å². The van der Waals surface area contributed by atoms with Gasteiger partial charge in [-0.15, -0.1) is 0 Å². The number of imidazole rings is 1. The van der Waals surface area contributed by atoms with Crippen LogP contribution >= 0.6 is 15.9 Å². The van der Waals surface area contributed by atoms with Gasteiger partial charge in [-0.25, -0.2) is 9.97 Å². The van der Waals surface area contributed by atoms with Gasteiger partial charge in [0.05, 0.1) is 0 Å². The Balaban J connectivity index is 1.98. The molecule has 0 radical (unpaired) electrons. The lowest BCUT2D eigenvalue weighted by molar-refractivity contribution is 0.881. The standard InChI is InChI=1S/C15H15BrN4/c1-11-5-3-4-6-12(11)9-19(2)15-14-17-7-8-20(14)10-13(16)18-15/h3-8,10H,9H2,1-2H3. The number of rotatable bonds is 3. The van der Waals surface area contributed by atoms with E-state index < -0.39 is 0 Å². The summed E-state index contributed by atoms with van der Waals surface area (Å²) in [4.78, 5) is 11.1. The molecule has 0 fully saturated rings. The highest BCUT2D eigenvalue weighted by Gasteiger charge is 2.12. The lowest BCUT2D eigenvalue weighted by Crippen LogP contribution is -2.19. The number of aromatic nitrogens is 3. The highest BCUT2D eigenvalue weighted by Crippen LogP contribution is 2.22.